The molecule has 2 rings (SSSR count). The molecule has 106 valence electrons. The monoisotopic (exact) mass is 346 g/mol. The second kappa shape index (κ2) is 6.37. The first-order valence-corrected chi connectivity index (χ1v) is 6.87. The predicted molar refractivity (Wildman–Crippen MR) is 79.7 cm³/mol. The zero-order valence-corrected chi connectivity index (χ0v) is 12.7. The van der Waals surface area contributed by atoms with E-state index in [-0.39, 0.29) is 5.76 Å². The smallest absolute Gasteiger partial charge is 0.249 e. The largest absolute Gasteiger partial charge is 0.446 e. The average molecular weight is 347 g/mol. The highest BCUT2D eigenvalue weighted by Gasteiger charge is 2.29. The van der Waals surface area contributed by atoms with Crippen molar-refractivity contribution in [2.24, 2.45) is 5.92 Å². The van der Waals surface area contributed by atoms with Gasteiger partial charge in [0.1, 0.15) is 0 Å². The van der Waals surface area contributed by atoms with Crippen molar-refractivity contribution in [3.05, 3.63) is 52.4 Å². The Balaban J connectivity index is 2.16. The molecule has 0 radical (unpaired) electrons. The van der Waals surface area contributed by atoms with Gasteiger partial charge in [-0.15, -0.1) is 0 Å². The number of carbonyl (C=O) groups excluding carboxylic acids is 2. The summed E-state index contributed by atoms with van der Waals surface area (Å²) in [5.41, 5.74) is 1.50. The molecule has 21 heavy (non-hydrogen) atoms. The Morgan fingerprint density at radius 1 is 1.33 bits per heavy atom. The molecule has 1 heterocycles. The van der Waals surface area contributed by atoms with Crippen molar-refractivity contribution in [1.82, 2.24) is 0 Å². The van der Waals surface area contributed by atoms with Gasteiger partial charge in [0, 0.05) is 5.69 Å². The van der Waals surface area contributed by atoms with Gasteiger partial charge in [0.2, 0.25) is 11.7 Å². The number of rotatable bonds is 4. The van der Waals surface area contributed by atoms with Gasteiger partial charge in [-0.05, 0) is 52.7 Å². The van der Waals surface area contributed by atoms with Crippen LogP contribution in [0.3, 0.4) is 0 Å². The number of hydrogen-bond acceptors (Lipinski definition) is 4. The van der Waals surface area contributed by atoms with Crippen LogP contribution in [0.4, 0.5) is 5.69 Å². The summed E-state index contributed by atoms with van der Waals surface area (Å²) >= 11 is 3.07. The molecule has 0 saturated carbocycles. The fourth-order valence-electron chi connectivity index (χ4n) is 1.76. The topological polar surface area (TPSA) is 83.1 Å². The number of hydrogen-bond donors (Lipinski definition) is 1. The number of carbonyl (C=O) groups is 2. The second-order valence-electron chi connectivity index (χ2n) is 4.39. The lowest BCUT2D eigenvalue weighted by atomic mass is 10.0. The molecule has 1 aromatic carbocycles. The minimum absolute atomic E-state index is 0.0344. The third-order valence-corrected chi connectivity index (χ3v) is 3.18. The van der Waals surface area contributed by atoms with Crippen LogP contribution in [0.25, 0.3) is 0 Å². The van der Waals surface area contributed by atoms with E-state index in [4.69, 9.17) is 9.68 Å². The summed E-state index contributed by atoms with van der Waals surface area (Å²) in [4.78, 5) is 24.2. The summed E-state index contributed by atoms with van der Waals surface area (Å²) in [7, 11) is 0. The first kappa shape index (κ1) is 15.0. The highest BCUT2D eigenvalue weighted by molar-refractivity contribution is 9.10. The van der Waals surface area contributed by atoms with E-state index in [2.05, 4.69) is 21.2 Å². The van der Waals surface area contributed by atoms with Crippen LogP contribution in [0, 0.1) is 24.2 Å². The average Bonchev–Trinajstić information content (AvgIpc) is 2.86. The maximum absolute atomic E-state index is 12.1. The fourth-order valence-corrected chi connectivity index (χ4v) is 2.07. The van der Waals surface area contributed by atoms with E-state index >= 15 is 0 Å². The maximum Gasteiger partial charge on any atom is 0.249 e. The minimum atomic E-state index is -1.46. The molecule has 0 aliphatic rings. The number of nitrogens with one attached hydrogen (secondary N) is 1. The Morgan fingerprint density at radius 2 is 2.10 bits per heavy atom. The molecular formula is C15H11BrN2O3. The van der Waals surface area contributed by atoms with E-state index in [0.29, 0.717) is 10.4 Å². The number of nitrogens with zero attached hydrogens (tertiary/aromatic N) is 1. The Hall–Kier alpha value is -2.39. The summed E-state index contributed by atoms with van der Waals surface area (Å²) < 4.78 is 5.45. The number of amides is 1. The predicted octanol–water partition coefficient (Wildman–Crippen LogP) is 3.31. The van der Waals surface area contributed by atoms with E-state index in [1.54, 1.807) is 24.3 Å². The third-order valence-electron chi connectivity index (χ3n) is 2.76. The first-order valence-electron chi connectivity index (χ1n) is 6.08. The zero-order chi connectivity index (χ0) is 15.4. The van der Waals surface area contributed by atoms with Crippen LogP contribution in [0.15, 0.2) is 45.5 Å². The van der Waals surface area contributed by atoms with E-state index in [0.717, 1.165) is 5.56 Å². The van der Waals surface area contributed by atoms with Gasteiger partial charge in [0.25, 0.3) is 0 Å². The van der Waals surface area contributed by atoms with E-state index in [9.17, 15) is 9.59 Å². The summed E-state index contributed by atoms with van der Waals surface area (Å²) in [5, 5.41) is 11.6. The summed E-state index contributed by atoms with van der Waals surface area (Å²) in [6, 6.07) is 11.7. The van der Waals surface area contributed by atoms with Gasteiger partial charge in [-0.25, -0.2) is 0 Å². The van der Waals surface area contributed by atoms with Gasteiger partial charge in [-0.1, -0.05) is 12.1 Å². The van der Waals surface area contributed by atoms with Crippen LogP contribution in [0.1, 0.15) is 16.1 Å². The summed E-state index contributed by atoms with van der Waals surface area (Å²) in [5.74, 6) is -2.84. The van der Waals surface area contributed by atoms with Crippen molar-refractivity contribution in [2.45, 2.75) is 6.92 Å². The Labute approximate surface area is 129 Å². The van der Waals surface area contributed by atoms with Crippen LogP contribution < -0.4 is 5.32 Å². The molecule has 6 heteroatoms. The molecule has 2 aromatic rings. The maximum atomic E-state index is 12.1. The lowest BCUT2D eigenvalue weighted by Crippen LogP contribution is -2.28. The number of benzene rings is 1. The van der Waals surface area contributed by atoms with Gasteiger partial charge in [-0.2, -0.15) is 5.26 Å². The molecule has 0 aliphatic heterocycles. The van der Waals surface area contributed by atoms with Crippen LogP contribution in [-0.4, -0.2) is 11.7 Å². The number of Topliss-reactive ketones (excluding diaryl/α,β-unsaturated/α-hetero) is 1. The Bertz CT molecular complexity index is 731. The van der Waals surface area contributed by atoms with Gasteiger partial charge in [0.05, 0.1) is 6.07 Å². The van der Waals surface area contributed by atoms with E-state index < -0.39 is 17.6 Å². The first-order chi connectivity index (χ1) is 10.0. The number of furan rings is 1. The van der Waals surface area contributed by atoms with Crippen molar-refractivity contribution < 1.29 is 14.0 Å². The standard InChI is InChI=1S/C15H11BrN2O3/c1-9-3-2-4-10(7-9)18-15(20)11(8-17)14(19)12-5-6-13(16)21-12/h2-7,11H,1H3,(H,18,20)/t11-/m1/s1. The van der Waals surface area contributed by atoms with Gasteiger partial charge in [0.15, 0.2) is 16.3 Å². The molecule has 0 saturated heterocycles. The molecule has 0 unspecified atom stereocenters. The highest BCUT2D eigenvalue weighted by atomic mass is 79.9. The van der Waals surface area contributed by atoms with E-state index in [1.807, 2.05) is 13.0 Å². The molecule has 5 nitrogen and oxygen atoms in total. The molecule has 0 spiro atoms. The molecule has 0 fully saturated rings. The number of ketones is 1. The van der Waals surface area contributed by atoms with E-state index in [1.165, 1.54) is 12.1 Å². The third kappa shape index (κ3) is 3.58. The van der Waals surface area contributed by atoms with Gasteiger partial charge < -0.3 is 9.73 Å². The lowest BCUT2D eigenvalue weighted by Gasteiger charge is -2.08. The zero-order valence-electron chi connectivity index (χ0n) is 11.1. The highest BCUT2D eigenvalue weighted by Crippen LogP contribution is 2.18. The quantitative estimate of drug-likeness (QED) is 0.679. The lowest BCUT2D eigenvalue weighted by molar-refractivity contribution is -0.117. The van der Waals surface area contributed by atoms with Crippen molar-refractivity contribution in [1.29, 1.82) is 5.26 Å². The minimum Gasteiger partial charge on any atom is -0.446 e. The fraction of sp³-hybridized carbons (Fsp3) is 0.133. The molecule has 1 N–H and O–H groups in total. The van der Waals surface area contributed by atoms with Crippen LogP contribution >= 0.6 is 15.9 Å². The van der Waals surface area contributed by atoms with Crippen molar-refractivity contribution in [3.63, 3.8) is 0 Å². The molecule has 1 amide bonds. The number of halogens is 1. The molecule has 1 aromatic heterocycles. The molecule has 0 bridgehead atoms. The molecule has 1 atom stereocenters. The van der Waals surface area contributed by atoms with Gasteiger partial charge in [-0.3, -0.25) is 9.59 Å². The molecular weight excluding hydrogens is 336 g/mol. The van der Waals surface area contributed by atoms with Gasteiger partial charge >= 0.3 is 0 Å². The summed E-state index contributed by atoms with van der Waals surface area (Å²) in [6.07, 6.45) is 0. The summed E-state index contributed by atoms with van der Waals surface area (Å²) in [6.45, 7) is 1.88. The normalized spacial score (nSPS) is 11.5. The Morgan fingerprint density at radius 3 is 2.67 bits per heavy atom. The van der Waals surface area contributed by atoms with Crippen LogP contribution in [0.5, 0.6) is 0 Å². The van der Waals surface area contributed by atoms with Crippen molar-refractivity contribution in [2.75, 3.05) is 5.32 Å². The number of nitriles is 1. The Kier molecular flexibility index (Phi) is 4.55. The SMILES string of the molecule is Cc1cccc(NC(=O)[C@H](C#N)C(=O)c2ccc(Br)o2)c1. The molecule has 0 aliphatic carbocycles. The second-order valence-corrected chi connectivity index (χ2v) is 5.17. The number of anilines is 1. The van der Waals surface area contributed by atoms with Crippen molar-refractivity contribution >= 4 is 33.3 Å². The number of aryl methyl sites for hydroxylation is 1. The van der Waals surface area contributed by atoms with Crippen LogP contribution in [0.2, 0.25) is 0 Å². The van der Waals surface area contributed by atoms with Crippen LogP contribution in [-0.2, 0) is 4.79 Å². The van der Waals surface area contributed by atoms with Crippen molar-refractivity contribution in [3.8, 4) is 6.07 Å².